The molecule has 0 aliphatic carbocycles. The Morgan fingerprint density at radius 2 is 2.20 bits per heavy atom. The van der Waals surface area contributed by atoms with Crippen LogP contribution in [-0.2, 0) is 0 Å². The van der Waals surface area contributed by atoms with Crippen LogP contribution in [0.25, 0.3) is 0 Å². The van der Waals surface area contributed by atoms with Gasteiger partial charge in [0.05, 0.1) is 0 Å². The third-order valence-corrected chi connectivity index (χ3v) is 2.59. The fourth-order valence-electron chi connectivity index (χ4n) is 0. The van der Waals surface area contributed by atoms with E-state index in [1.54, 1.807) is 0 Å². The standard InChI is InChI=1S/C3H4BrTe/c1-3(4)2-5/h1-2H2. The molecule has 0 heterocycles. The van der Waals surface area contributed by atoms with E-state index in [9.17, 15) is 0 Å². The van der Waals surface area contributed by atoms with E-state index in [1.807, 2.05) is 22.3 Å². The van der Waals surface area contributed by atoms with Gasteiger partial charge in [0.2, 0.25) is 0 Å². The summed E-state index contributed by atoms with van der Waals surface area (Å²) in [6.45, 7) is 3.59. The Kier molecular flexibility index (Phi) is 3.86. The molecule has 0 aliphatic rings. The number of hydrogen-bond acceptors (Lipinski definition) is 0. The Balaban J connectivity index is 2.85. The van der Waals surface area contributed by atoms with Crippen LogP contribution in [0.1, 0.15) is 0 Å². The first kappa shape index (κ1) is 6.01. The Labute approximate surface area is 53.7 Å². The SMILES string of the molecule is C=C(Br)C[Te]. The van der Waals surface area contributed by atoms with E-state index >= 15 is 0 Å². The van der Waals surface area contributed by atoms with Gasteiger partial charge >= 0.3 is 53.8 Å². The van der Waals surface area contributed by atoms with Gasteiger partial charge in [0.25, 0.3) is 0 Å². The fraction of sp³-hybridized carbons (Fsp3) is 0.333. The molecule has 0 aromatic heterocycles. The molecule has 0 fully saturated rings. The molecular formula is C3H4BrTe. The summed E-state index contributed by atoms with van der Waals surface area (Å²) in [5.41, 5.74) is 0. The Hall–Kier alpha value is 1.01. The minimum absolute atomic E-state index is 1.04. The molecule has 0 rings (SSSR count). The van der Waals surface area contributed by atoms with E-state index in [0.717, 1.165) is 8.95 Å². The monoisotopic (exact) mass is 249 g/mol. The topological polar surface area (TPSA) is 0 Å². The third-order valence-electron chi connectivity index (χ3n) is 0.157. The van der Waals surface area contributed by atoms with Crippen molar-refractivity contribution in [3.8, 4) is 0 Å². The summed E-state index contributed by atoms with van der Waals surface area (Å²) in [6, 6.07) is 0. The normalized spacial score (nSPS) is 7.60. The van der Waals surface area contributed by atoms with Crippen molar-refractivity contribution in [1.82, 2.24) is 0 Å². The first-order valence-corrected chi connectivity index (χ1v) is 3.63. The summed E-state index contributed by atoms with van der Waals surface area (Å²) in [7, 11) is 0. The van der Waals surface area contributed by atoms with E-state index in [-0.39, 0.29) is 0 Å². The molecular weight excluding hydrogens is 244 g/mol. The summed E-state index contributed by atoms with van der Waals surface area (Å²) in [5, 5.41) is 0. The number of hydrogen-bond donors (Lipinski definition) is 0. The maximum absolute atomic E-state index is 3.59. The molecule has 0 aromatic rings. The van der Waals surface area contributed by atoms with Crippen LogP contribution in [0.5, 0.6) is 0 Å². The van der Waals surface area contributed by atoms with Crippen molar-refractivity contribution in [2.75, 3.05) is 0 Å². The Morgan fingerprint density at radius 1 is 2.00 bits per heavy atom. The number of rotatable bonds is 1. The second-order valence-electron chi connectivity index (χ2n) is 0.662. The van der Waals surface area contributed by atoms with Crippen LogP contribution in [0.4, 0.5) is 0 Å². The van der Waals surface area contributed by atoms with Gasteiger partial charge < -0.3 is 0 Å². The molecule has 0 atom stereocenters. The zero-order valence-electron chi connectivity index (χ0n) is 2.70. The fourth-order valence-corrected chi connectivity index (χ4v) is 0. The van der Waals surface area contributed by atoms with Crippen LogP contribution in [0, 0.1) is 0 Å². The second-order valence-corrected chi connectivity index (χ2v) is 2.61. The van der Waals surface area contributed by atoms with Gasteiger partial charge in [0.15, 0.2) is 0 Å². The second kappa shape index (κ2) is 3.21. The number of halogens is 1. The zero-order valence-corrected chi connectivity index (χ0v) is 6.62. The molecule has 0 unspecified atom stereocenters. The molecule has 0 saturated heterocycles. The molecule has 5 heavy (non-hydrogen) atoms. The van der Waals surface area contributed by atoms with Crippen LogP contribution < -0.4 is 0 Å². The summed E-state index contributed by atoms with van der Waals surface area (Å²) in [5.74, 6) is 0. The van der Waals surface area contributed by atoms with Gasteiger partial charge in [-0.1, -0.05) is 0 Å². The van der Waals surface area contributed by atoms with Crippen molar-refractivity contribution < 1.29 is 0 Å². The predicted molar refractivity (Wildman–Crippen MR) is 28.6 cm³/mol. The summed E-state index contributed by atoms with van der Waals surface area (Å²) >= 11 is 5.17. The molecule has 0 amide bonds. The van der Waals surface area contributed by atoms with Crippen molar-refractivity contribution in [2.24, 2.45) is 0 Å². The Bertz CT molecular complexity index is 42.2. The average Bonchev–Trinajstić information content (AvgIpc) is 1.38. The van der Waals surface area contributed by atoms with Gasteiger partial charge in [-0.2, -0.15) is 0 Å². The van der Waals surface area contributed by atoms with E-state index in [2.05, 4.69) is 22.5 Å². The summed E-state index contributed by atoms with van der Waals surface area (Å²) < 4.78 is 2.11. The molecule has 0 spiro atoms. The molecule has 1 radical (unpaired) electrons. The van der Waals surface area contributed by atoms with Gasteiger partial charge in [-0.25, -0.2) is 0 Å². The quantitative estimate of drug-likeness (QED) is 0.616. The maximum atomic E-state index is 3.59. The average molecular weight is 248 g/mol. The molecule has 0 nitrogen and oxygen atoms in total. The third kappa shape index (κ3) is 5.01. The molecule has 0 N–H and O–H groups in total. The van der Waals surface area contributed by atoms with Crippen LogP contribution >= 0.6 is 15.9 Å². The van der Waals surface area contributed by atoms with Gasteiger partial charge in [-0.3, -0.25) is 0 Å². The van der Waals surface area contributed by atoms with Gasteiger partial charge in [0, 0.05) is 0 Å². The molecule has 0 aliphatic heterocycles. The molecule has 2 heteroatoms. The van der Waals surface area contributed by atoms with E-state index in [1.165, 1.54) is 0 Å². The Morgan fingerprint density at radius 3 is 2.20 bits per heavy atom. The van der Waals surface area contributed by atoms with E-state index in [0.29, 0.717) is 0 Å². The molecule has 0 saturated carbocycles. The van der Waals surface area contributed by atoms with Crippen molar-refractivity contribution in [2.45, 2.75) is 4.47 Å². The van der Waals surface area contributed by atoms with E-state index in [4.69, 9.17) is 0 Å². The summed E-state index contributed by atoms with van der Waals surface area (Å²) in [4.78, 5) is 0. The molecule has 29 valence electrons. The van der Waals surface area contributed by atoms with Crippen molar-refractivity contribution in [1.29, 1.82) is 0 Å². The van der Waals surface area contributed by atoms with Crippen molar-refractivity contribution >= 4 is 38.2 Å². The van der Waals surface area contributed by atoms with Crippen LogP contribution in [-0.4, -0.2) is 22.3 Å². The first-order valence-electron chi connectivity index (χ1n) is 1.18. The number of allylic oxidation sites excluding steroid dienone is 1. The van der Waals surface area contributed by atoms with Gasteiger partial charge in [0.1, 0.15) is 0 Å². The van der Waals surface area contributed by atoms with Crippen LogP contribution in [0.2, 0.25) is 4.47 Å². The molecule has 0 bridgehead atoms. The first-order chi connectivity index (χ1) is 2.27. The van der Waals surface area contributed by atoms with Gasteiger partial charge in [-0.05, 0) is 0 Å². The molecule has 0 aromatic carbocycles. The van der Waals surface area contributed by atoms with Crippen LogP contribution in [0.15, 0.2) is 11.1 Å². The predicted octanol–water partition coefficient (Wildman–Crippen LogP) is 1.48. The van der Waals surface area contributed by atoms with Gasteiger partial charge in [-0.15, -0.1) is 0 Å². The minimum atomic E-state index is 1.04. The van der Waals surface area contributed by atoms with Crippen molar-refractivity contribution in [3.05, 3.63) is 11.1 Å². The van der Waals surface area contributed by atoms with Crippen molar-refractivity contribution in [3.63, 3.8) is 0 Å². The zero-order chi connectivity index (χ0) is 4.28. The summed E-state index contributed by atoms with van der Waals surface area (Å²) in [6.07, 6.45) is 0. The van der Waals surface area contributed by atoms with E-state index < -0.39 is 0 Å². The van der Waals surface area contributed by atoms with Crippen LogP contribution in [0.3, 0.4) is 0 Å².